The number of sulfonamides is 1. The van der Waals surface area contributed by atoms with Crippen LogP contribution in [0.1, 0.15) is 49.9 Å². The van der Waals surface area contributed by atoms with E-state index in [-0.39, 0.29) is 4.90 Å². The highest BCUT2D eigenvalue weighted by Crippen LogP contribution is 2.25. The first-order valence-electron chi connectivity index (χ1n) is 10.1. The molecule has 1 N–H and O–H groups in total. The quantitative estimate of drug-likeness (QED) is 0.508. The molecule has 0 aliphatic rings. The minimum absolute atomic E-state index is 0.216. The summed E-state index contributed by atoms with van der Waals surface area (Å²) in [6, 6.07) is 11.0. The van der Waals surface area contributed by atoms with Gasteiger partial charge in [0.05, 0.1) is 17.6 Å². The summed E-state index contributed by atoms with van der Waals surface area (Å²) in [5.41, 5.74) is 0.779. The fourth-order valence-corrected chi connectivity index (χ4v) is 4.63. The molecule has 2 aromatic rings. The molecule has 6 nitrogen and oxygen atoms in total. The molecular formula is C22H29ClN2O4S. The maximum Gasteiger partial charge on any atom is 0.259 e. The van der Waals surface area contributed by atoms with Crippen LogP contribution in [-0.2, 0) is 10.0 Å². The number of nitrogens with zero attached hydrogens (tertiary/aromatic N) is 1. The first kappa shape index (κ1) is 24.2. The number of carbonyl (C=O) groups is 1. The molecule has 0 saturated carbocycles. The molecule has 1 amide bonds. The third-order valence-electron chi connectivity index (χ3n) is 4.68. The Labute approximate surface area is 184 Å². The standard InChI is InChI=1S/C22H29ClN2O4S/c1-4-6-14-25(15-7-5-2)30(27,28)19-11-9-18(10-12-19)24-22(26)20-16-17(23)8-13-21(20)29-3/h8-13,16H,4-7,14-15H2,1-3H3,(H,24,26). The van der Waals surface area contributed by atoms with Crippen LogP contribution in [0.4, 0.5) is 5.69 Å². The smallest absolute Gasteiger partial charge is 0.259 e. The number of ether oxygens (including phenoxy) is 1. The second-order valence-electron chi connectivity index (χ2n) is 6.93. The second-order valence-corrected chi connectivity index (χ2v) is 9.31. The number of amides is 1. The number of nitrogens with one attached hydrogen (secondary N) is 1. The Morgan fingerprint density at radius 3 is 2.17 bits per heavy atom. The molecule has 0 aromatic heterocycles. The van der Waals surface area contributed by atoms with Crippen LogP contribution in [0.25, 0.3) is 0 Å². The van der Waals surface area contributed by atoms with E-state index in [9.17, 15) is 13.2 Å². The molecule has 0 aliphatic carbocycles. The molecule has 0 aliphatic heterocycles. The van der Waals surface area contributed by atoms with Gasteiger partial charge in [0.2, 0.25) is 10.0 Å². The molecule has 164 valence electrons. The fourth-order valence-electron chi connectivity index (χ4n) is 2.94. The van der Waals surface area contributed by atoms with Crippen LogP contribution in [0, 0.1) is 0 Å². The van der Waals surface area contributed by atoms with Crippen molar-refractivity contribution < 1.29 is 17.9 Å². The lowest BCUT2D eigenvalue weighted by atomic mass is 10.2. The summed E-state index contributed by atoms with van der Waals surface area (Å²) < 4.78 is 32.8. The van der Waals surface area contributed by atoms with Gasteiger partial charge < -0.3 is 10.1 Å². The van der Waals surface area contributed by atoms with Crippen molar-refractivity contribution in [2.45, 2.75) is 44.4 Å². The summed E-state index contributed by atoms with van der Waals surface area (Å²) in [6.07, 6.45) is 3.49. The van der Waals surface area contributed by atoms with E-state index in [0.29, 0.717) is 35.1 Å². The fraction of sp³-hybridized carbons (Fsp3) is 0.409. The third kappa shape index (κ3) is 6.20. The summed E-state index contributed by atoms with van der Waals surface area (Å²) in [6.45, 7) is 5.09. The van der Waals surface area contributed by atoms with Gasteiger partial charge in [0, 0.05) is 23.8 Å². The number of methoxy groups -OCH3 is 1. The summed E-state index contributed by atoms with van der Waals surface area (Å²) in [5.74, 6) is 0.0102. The zero-order chi connectivity index (χ0) is 22.1. The van der Waals surface area contributed by atoms with E-state index in [0.717, 1.165) is 25.7 Å². The summed E-state index contributed by atoms with van der Waals surface area (Å²) >= 11 is 5.99. The van der Waals surface area contributed by atoms with Crippen molar-refractivity contribution in [2.24, 2.45) is 0 Å². The molecule has 0 saturated heterocycles. The predicted molar refractivity (Wildman–Crippen MR) is 121 cm³/mol. The summed E-state index contributed by atoms with van der Waals surface area (Å²) in [5, 5.41) is 3.17. The first-order valence-corrected chi connectivity index (χ1v) is 11.9. The number of unbranched alkanes of at least 4 members (excludes halogenated alkanes) is 2. The maximum atomic E-state index is 13.0. The largest absolute Gasteiger partial charge is 0.496 e. The number of anilines is 1. The average molecular weight is 453 g/mol. The van der Waals surface area contributed by atoms with Gasteiger partial charge in [-0.25, -0.2) is 8.42 Å². The molecule has 0 unspecified atom stereocenters. The Morgan fingerprint density at radius 2 is 1.63 bits per heavy atom. The molecule has 8 heteroatoms. The third-order valence-corrected chi connectivity index (χ3v) is 6.83. The van der Waals surface area contributed by atoms with Gasteiger partial charge in [-0.15, -0.1) is 0 Å². The van der Waals surface area contributed by atoms with Gasteiger partial charge in [0.1, 0.15) is 5.75 Å². The topological polar surface area (TPSA) is 75.7 Å². The van der Waals surface area contributed by atoms with Gasteiger partial charge >= 0.3 is 0 Å². The van der Waals surface area contributed by atoms with Gasteiger partial charge in [-0.2, -0.15) is 4.31 Å². The predicted octanol–water partition coefficient (Wildman–Crippen LogP) is 5.19. The van der Waals surface area contributed by atoms with Crippen LogP contribution < -0.4 is 10.1 Å². The van der Waals surface area contributed by atoms with Crippen LogP contribution in [0.5, 0.6) is 5.75 Å². The maximum absolute atomic E-state index is 13.0. The molecule has 0 heterocycles. The molecule has 2 aromatic carbocycles. The lowest BCUT2D eigenvalue weighted by molar-refractivity contribution is 0.102. The molecule has 0 bridgehead atoms. The van der Waals surface area contributed by atoms with E-state index in [1.165, 1.54) is 25.3 Å². The number of rotatable bonds is 11. The van der Waals surface area contributed by atoms with Gasteiger partial charge in [0.15, 0.2) is 0 Å². The van der Waals surface area contributed by atoms with Crippen molar-refractivity contribution in [3.63, 3.8) is 0 Å². The Bertz CT molecular complexity index is 938. The number of hydrogen-bond donors (Lipinski definition) is 1. The van der Waals surface area contributed by atoms with Crippen LogP contribution in [-0.4, -0.2) is 38.8 Å². The molecule has 30 heavy (non-hydrogen) atoms. The summed E-state index contributed by atoms with van der Waals surface area (Å²) in [7, 11) is -2.10. The van der Waals surface area contributed by atoms with E-state index >= 15 is 0 Å². The molecular weight excluding hydrogens is 424 g/mol. The highest BCUT2D eigenvalue weighted by molar-refractivity contribution is 7.89. The zero-order valence-electron chi connectivity index (χ0n) is 17.7. The van der Waals surface area contributed by atoms with Crippen molar-refractivity contribution in [1.82, 2.24) is 4.31 Å². The van der Waals surface area contributed by atoms with E-state index < -0.39 is 15.9 Å². The monoisotopic (exact) mass is 452 g/mol. The number of hydrogen-bond acceptors (Lipinski definition) is 4. The van der Waals surface area contributed by atoms with Crippen LogP contribution in [0.2, 0.25) is 5.02 Å². The molecule has 0 spiro atoms. The number of halogens is 1. The number of carbonyl (C=O) groups excluding carboxylic acids is 1. The number of benzene rings is 2. The van der Waals surface area contributed by atoms with E-state index in [2.05, 4.69) is 5.32 Å². The van der Waals surface area contributed by atoms with Crippen molar-refractivity contribution in [1.29, 1.82) is 0 Å². The van der Waals surface area contributed by atoms with E-state index in [1.807, 2.05) is 13.8 Å². The Kier molecular flexibility index (Phi) is 9.14. The zero-order valence-corrected chi connectivity index (χ0v) is 19.2. The highest BCUT2D eigenvalue weighted by atomic mass is 35.5. The molecule has 0 radical (unpaired) electrons. The summed E-state index contributed by atoms with van der Waals surface area (Å²) in [4.78, 5) is 12.8. The van der Waals surface area contributed by atoms with E-state index in [4.69, 9.17) is 16.3 Å². The van der Waals surface area contributed by atoms with Crippen LogP contribution >= 0.6 is 11.6 Å². The van der Waals surface area contributed by atoms with Crippen molar-refractivity contribution in [2.75, 3.05) is 25.5 Å². The Morgan fingerprint density at radius 1 is 1.03 bits per heavy atom. The van der Waals surface area contributed by atoms with Crippen LogP contribution in [0.15, 0.2) is 47.4 Å². The molecule has 0 fully saturated rings. The van der Waals surface area contributed by atoms with Gasteiger partial charge in [-0.3, -0.25) is 4.79 Å². The molecule has 2 rings (SSSR count). The minimum Gasteiger partial charge on any atom is -0.496 e. The van der Waals surface area contributed by atoms with E-state index in [1.54, 1.807) is 28.6 Å². The SMILES string of the molecule is CCCCN(CCCC)S(=O)(=O)c1ccc(NC(=O)c2cc(Cl)ccc2OC)cc1. The lowest BCUT2D eigenvalue weighted by Crippen LogP contribution is -2.33. The highest BCUT2D eigenvalue weighted by Gasteiger charge is 2.23. The van der Waals surface area contributed by atoms with Gasteiger partial charge in [0.25, 0.3) is 5.91 Å². The normalized spacial score (nSPS) is 11.5. The van der Waals surface area contributed by atoms with Crippen molar-refractivity contribution >= 4 is 33.2 Å². The van der Waals surface area contributed by atoms with Gasteiger partial charge in [-0.05, 0) is 55.3 Å². The first-order chi connectivity index (χ1) is 14.3. The Hall–Kier alpha value is -2.09. The van der Waals surface area contributed by atoms with Gasteiger partial charge in [-0.1, -0.05) is 38.3 Å². The van der Waals surface area contributed by atoms with Crippen molar-refractivity contribution in [3.05, 3.63) is 53.1 Å². The lowest BCUT2D eigenvalue weighted by Gasteiger charge is -2.22. The molecule has 0 atom stereocenters. The Balaban J connectivity index is 2.19. The van der Waals surface area contributed by atoms with Crippen molar-refractivity contribution in [3.8, 4) is 5.75 Å². The average Bonchev–Trinajstić information content (AvgIpc) is 2.74. The second kappa shape index (κ2) is 11.3. The van der Waals surface area contributed by atoms with Crippen LogP contribution in [0.3, 0.4) is 0 Å². The minimum atomic E-state index is -3.58.